The lowest BCUT2D eigenvalue weighted by Gasteiger charge is -2.14. The monoisotopic (exact) mass is 521 g/mol. The van der Waals surface area contributed by atoms with Crippen LogP contribution in [0.2, 0.25) is 0 Å². The third-order valence-electron chi connectivity index (χ3n) is 3.97. The Bertz CT molecular complexity index is 791. The van der Waals surface area contributed by atoms with Crippen LogP contribution in [0.15, 0.2) is 47.5 Å². The Morgan fingerprint density at radius 1 is 1.10 bits per heavy atom. The van der Waals surface area contributed by atoms with Gasteiger partial charge in [0.2, 0.25) is 0 Å². The molecule has 0 heterocycles. The summed E-state index contributed by atoms with van der Waals surface area (Å²) in [6.45, 7) is 0.167. The Labute approximate surface area is 186 Å². The van der Waals surface area contributed by atoms with E-state index in [2.05, 4.69) is 20.4 Å². The summed E-state index contributed by atoms with van der Waals surface area (Å²) >= 11 is 0. The predicted molar refractivity (Wildman–Crippen MR) is 119 cm³/mol. The molecular weight excluding hydrogens is 495 g/mol. The maximum Gasteiger partial charge on any atom is 0.387 e. The molecule has 0 unspecified atom stereocenters. The van der Waals surface area contributed by atoms with Gasteiger partial charge in [-0.3, -0.25) is 0 Å². The van der Waals surface area contributed by atoms with Gasteiger partial charge in [-0.15, -0.1) is 24.0 Å². The van der Waals surface area contributed by atoms with E-state index in [1.54, 1.807) is 12.1 Å². The molecule has 2 aromatic rings. The molecule has 0 aliphatic heterocycles. The Balaban J connectivity index is 0.00000420. The molecule has 0 aromatic heterocycles. The van der Waals surface area contributed by atoms with Crippen molar-refractivity contribution in [2.24, 2.45) is 4.99 Å². The summed E-state index contributed by atoms with van der Waals surface area (Å²) in [7, 11) is 1.50. The number of aliphatic hydroxyl groups is 1. The predicted octanol–water partition coefficient (Wildman–Crippen LogP) is 3.66. The first kappa shape index (κ1) is 24.9. The summed E-state index contributed by atoms with van der Waals surface area (Å²) in [6.07, 6.45) is 0. The van der Waals surface area contributed by atoms with Crippen LogP contribution in [0, 0.1) is 0 Å². The molecule has 0 radical (unpaired) electrons. The van der Waals surface area contributed by atoms with Crippen LogP contribution in [-0.2, 0) is 19.7 Å². The fraction of sp³-hybridized carbons (Fsp3) is 0.350. The zero-order valence-corrected chi connectivity index (χ0v) is 18.7. The van der Waals surface area contributed by atoms with Gasteiger partial charge >= 0.3 is 6.61 Å². The number of nitrogens with zero attached hydrogens (tertiary/aromatic N) is 1. The second-order valence-corrected chi connectivity index (χ2v) is 5.83. The Morgan fingerprint density at radius 3 is 2.45 bits per heavy atom. The Morgan fingerprint density at radius 2 is 1.83 bits per heavy atom. The number of rotatable bonds is 9. The number of aliphatic hydroxyl groups excluding tert-OH is 1. The lowest BCUT2D eigenvalue weighted by atomic mass is 10.1. The SMILES string of the molecule is CCNC(=NCc1cc(OC)ccc1OC(F)F)NCc1ccccc1CO.I. The fourth-order valence-corrected chi connectivity index (χ4v) is 2.59. The number of alkyl halides is 2. The van der Waals surface area contributed by atoms with Crippen LogP contribution < -0.4 is 20.1 Å². The summed E-state index contributed by atoms with van der Waals surface area (Å²) in [5, 5.41) is 15.7. The molecule has 0 aliphatic carbocycles. The highest BCUT2D eigenvalue weighted by atomic mass is 127. The minimum absolute atomic E-state index is 0. The third kappa shape index (κ3) is 8.01. The average molecular weight is 521 g/mol. The molecule has 0 atom stereocenters. The first-order valence-electron chi connectivity index (χ1n) is 8.88. The number of halogens is 3. The van der Waals surface area contributed by atoms with Crippen molar-refractivity contribution in [3.63, 3.8) is 0 Å². The van der Waals surface area contributed by atoms with Gasteiger partial charge in [0, 0.05) is 18.7 Å². The van der Waals surface area contributed by atoms with Crippen LogP contribution in [0.25, 0.3) is 0 Å². The fourth-order valence-electron chi connectivity index (χ4n) is 2.59. The first-order valence-corrected chi connectivity index (χ1v) is 8.88. The highest BCUT2D eigenvalue weighted by molar-refractivity contribution is 14.0. The smallest absolute Gasteiger partial charge is 0.387 e. The lowest BCUT2D eigenvalue weighted by molar-refractivity contribution is -0.0504. The van der Waals surface area contributed by atoms with Crippen LogP contribution >= 0.6 is 24.0 Å². The normalized spacial score (nSPS) is 11.0. The van der Waals surface area contributed by atoms with E-state index in [-0.39, 0.29) is 42.9 Å². The van der Waals surface area contributed by atoms with Crippen molar-refractivity contribution in [1.29, 1.82) is 0 Å². The van der Waals surface area contributed by atoms with Gasteiger partial charge in [-0.1, -0.05) is 24.3 Å². The topological polar surface area (TPSA) is 75.1 Å². The van der Waals surface area contributed by atoms with Crippen molar-refractivity contribution >= 4 is 29.9 Å². The standard InChI is InChI=1S/C20H25F2N3O3.HI/c1-3-23-20(24-11-14-6-4-5-7-15(14)13-26)25-12-16-10-17(27-2)8-9-18(16)28-19(21)22;/h4-10,19,26H,3,11-13H2,1-2H3,(H2,23,24,25);1H. The molecule has 2 aromatic carbocycles. The van der Waals surface area contributed by atoms with Gasteiger partial charge in [0.05, 0.1) is 20.3 Å². The summed E-state index contributed by atoms with van der Waals surface area (Å²) in [5.74, 6) is 1.10. The van der Waals surface area contributed by atoms with E-state index in [4.69, 9.17) is 4.74 Å². The number of ether oxygens (including phenoxy) is 2. The van der Waals surface area contributed by atoms with E-state index >= 15 is 0 Å². The van der Waals surface area contributed by atoms with Gasteiger partial charge in [-0.2, -0.15) is 8.78 Å². The van der Waals surface area contributed by atoms with Crippen molar-refractivity contribution in [3.05, 3.63) is 59.2 Å². The number of hydrogen-bond acceptors (Lipinski definition) is 4. The molecule has 0 fully saturated rings. The molecule has 0 aliphatic rings. The second-order valence-electron chi connectivity index (χ2n) is 5.83. The molecule has 0 bridgehead atoms. The molecule has 160 valence electrons. The van der Waals surface area contributed by atoms with Crippen molar-refractivity contribution in [1.82, 2.24) is 10.6 Å². The molecule has 29 heavy (non-hydrogen) atoms. The van der Waals surface area contributed by atoms with E-state index in [0.29, 0.717) is 30.4 Å². The number of guanidine groups is 1. The van der Waals surface area contributed by atoms with Crippen LogP contribution in [0.1, 0.15) is 23.6 Å². The summed E-state index contributed by atoms with van der Waals surface area (Å²) in [4.78, 5) is 4.45. The molecule has 0 saturated carbocycles. The zero-order valence-electron chi connectivity index (χ0n) is 16.3. The summed E-state index contributed by atoms with van der Waals surface area (Å²) in [5.41, 5.74) is 2.25. The number of aliphatic imine (C=N–C) groups is 1. The summed E-state index contributed by atoms with van der Waals surface area (Å²) < 4.78 is 35.0. The highest BCUT2D eigenvalue weighted by Crippen LogP contribution is 2.26. The largest absolute Gasteiger partial charge is 0.497 e. The maximum atomic E-state index is 12.6. The van der Waals surface area contributed by atoms with Gasteiger partial charge in [0.25, 0.3) is 0 Å². The molecule has 0 spiro atoms. The lowest BCUT2D eigenvalue weighted by Crippen LogP contribution is -2.37. The van der Waals surface area contributed by atoms with Gasteiger partial charge in [0.15, 0.2) is 5.96 Å². The average Bonchev–Trinajstić information content (AvgIpc) is 2.70. The van der Waals surface area contributed by atoms with E-state index in [1.165, 1.54) is 13.2 Å². The van der Waals surface area contributed by atoms with Gasteiger partial charge < -0.3 is 25.2 Å². The number of nitrogens with one attached hydrogen (secondary N) is 2. The van der Waals surface area contributed by atoms with Crippen LogP contribution in [0.4, 0.5) is 8.78 Å². The number of methoxy groups -OCH3 is 1. The highest BCUT2D eigenvalue weighted by Gasteiger charge is 2.11. The quantitative estimate of drug-likeness (QED) is 0.267. The van der Waals surface area contributed by atoms with Crippen molar-refractivity contribution in [3.8, 4) is 11.5 Å². The van der Waals surface area contributed by atoms with Crippen molar-refractivity contribution in [2.45, 2.75) is 33.2 Å². The summed E-state index contributed by atoms with van der Waals surface area (Å²) in [6, 6.07) is 12.1. The van der Waals surface area contributed by atoms with Gasteiger partial charge in [-0.05, 0) is 36.2 Å². The van der Waals surface area contributed by atoms with Crippen molar-refractivity contribution < 1.29 is 23.4 Å². The van der Waals surface area contributed by atoms with Crippen LogP contribution in [-0.4, -0.2) is 31.3 Å². The number of hydrogen-bond donors (Lipinski definition) is 3. The van der Waals surface area contributed by atoms with E-state index < -0.39 is 6.61 Å². The van der Waals surface area contributed by atoms with Crippen LogP contribution in [0.5, 0.6) is 11.5 Å². The molecule has 2 rings (SSSR count). The molecule has 0 saturated heterocycles. The number of benzene rings is 2. The second kappa shape index (κ2) is 13.2. The van der Waals surface area contributed by atoms with E-state index in [0.717, 1.165) is 11.1 Å². The van der Waals surface area contributed by atoms with Crippen LogP contribution in [0.3, 0.4) is 0 Å². The van der Waals surface area contributed by atoms with Crippen molar-refractivity contribution in [2.75, 3.05) is 13.7 Å². The minimum Gasteiger partial charge on any atom is -0.497 e. The first-order chi connectivity index (χ1) is 13.6. The van der Waals surface area contributed by atoms with E-state index in [9.17, 15) is 13.9 Å². The molecule has 0 amide bonds. The molecular formula is C20H26F2IN3O3. The van der Waals surface area contributed by atoms with E-state index in [1.807, 2.05) is 31.2 Å². The Hall–Kier alpha value is -2.14. The van der Waals surface area contributed by atoms with Gasteiger partial charge in [-0.25, -0.2) is 4.99 Å². The van der Waals surface area contributed by atoms with Gasteiger partial charge in [0.1, 0.15) is 11.5 Å². The third-order valence-corrected chi connectivity index (χ3v) is 3.97. The molecule has 3 N–H and O–H groups in total. The zero-order chi connectivity index (χ0) is 20.4. The maximum absolute atomic E-state index is 12.6. The molecule has 9 heteroatoms. The Kier molecular flexibility index (Phi) is 11.3. The minimum atomic E-state index is -2.92. The molecule has 6 nitrogen and oxygen atoms in total.